The van der Waals surface area contributed by atoms with E-state index in [9.17, 15) is 0 Å². The number of hydrogen-bond acceptors (Lipinski definition) is 1. The Hall–Kier alpha value is -1.08. The number of rotatable bonds is 4. The highest BCUT2D eigenvalue weighted by molar-refractivity contribution is 5.58. The predicted molar refractivity (Wildman–Crippen MR) is 66.0 cm³/mol. The predicted octanol–water partition coefficient (Wildman–Crippen LogP) is 3.19. The van der Waals surface area contributed by atoms with E-state index in [2.05, 4.69) is 42.6 Å². The molecule has 0 amide bonds. The van der Waals surface area contributed by atoms with E-state index in [1.165, 1.54) is 29.5 Å². The maximum Gasteiger partial charge on any atom is 0.0162 e. The summed E-state index contributed by atoms with van der Waals surface area (Å²) in [5.74, 6) is 0.833. The van der Waals surface area contributed by atoms with Gasteiger partial charge in [-0.3, -0.25) is 0 Å². The number of likely N-dealkylation sites (N-methyl/N-ethyl adjacent to an activating group) is 1. The molecule has 0 aromatic heterocycles. The smallest absolute Gasteiger partial charge is 0.0162 e. The van der Waals surface area contributed by atoms with Crippen LogP contribution >= 0.6 is 0 Å². The van der Waals surface area contributed by atoms with Crippen molar-refractivity contribution in [1.82, 2.24) is 5.32 Å². The van der Waals surface area contributed by atoms with Gasteiger partial charge in [-0.25, -0.2) is 0 Å². The fourth-order valence-electron chi connectivity index (χ4n) is 2.00. The Morgan fingerprint density at radius 1 is 1.40 bits per heavy atom. The zero-order valence-corrected chi connectivity index (χ0v) is 9.59. The summed E-state index contributed by atoms with van der Waals surface area (Å²) in [6.45, 7) is 3.15. The van der Waals surface area contributed by atoms with Gasteiger partial charge in [0.15, 0.2) is 0 Å². The van der Waals surface area contributed by atoms with Crippen LogP contribution in [0, 0.1) is 0 Å². The van der Waals surface area contributed by atoms with Crippen molar-refractivity contribution in [2.45, 2.75) is 25.7 Å². The van der Waals surface area contributed by atoms with E-state index in [-0.39, 0.29) is 0 Å². The van der Waals surface area contributed by atoms with Crippen LogP contribution in [0.3, 0.4) is 0 Å². The highest BCUT2D eigenvalue weighted by atomic mass is 14.8. The summed E-state index contributed by atoms with van der Waals surface area (Å²) in [7, 11) is 1.99. The fourth-order valence-corrected chi connectivity index (χ4v) is 2.00. The molecule has 1 aromatic carbocycles. The van der Waals surface area contributed by atoms with Gasteiger partial charge >= 0.3 is 0 Å². The summed E-state index contributed by atoms with van der Waals surface area (Å²) in [6.07, 6.45) is 5.05. The van der Waals surface area contributed by atoms with Crippen LogP contribution in [0.1, 0.15) is 36.8 Å². The summed E-state index contributed by atoms with van der Waals surface area (Å²) >= 11 is 0. The highest BCUT2D eigenvalue weighted by Gasteiger charge is 2.24. The molecule has 1 N–H and O–H groups in total. The first-order valence-corrected chi connectivity index (χ1v) is 5.72. The Kier molecular flexibility index (Phi) is 3.22. The van der Waals surface area contributed by atoms with Gasteiger partial charge in [0.2, 0.25) is 0 Å². The van der Waals surface area contributed by atoms with Crippen LogP contribution in [0.5, 0.6) is 0 Å². The van der Waals surface area contributed by atoms with Crippen LogP contribution in [0.15, 0.2) is 29.8 Å². The average molecular weight is 201 g/mol. The van der Waals surface area contributed by atoms with Gasteiger partial charge < -0.3 is 5.32 Å². The van der Waals surface area contributed by atoms with Gasteiger partial charge in [-0.2, -0.15) is 0 Å². The van der Waals surface area contributed by atoms with Crippen molar-refractivity contribution in [2.75, 3.05) is 13.6 Å². The van der Waals surface area contributed by atoms with Gasteiger partial charge in [0.05, 0.1) is 0 Å². The molecule has 1 nitrogen and oxygen atoms in total. The standard InChI is InChI=1S/C14H19N/c1-11(10-15-2)9-13-5-3-4-6-14(13)12-7-8-12/h3-6,9,12,15H,7-8,10H2,1-2H3. The van der Waals surface area contributed by atoms with Crippen LogP contribution < -0.4 is 5.32 Å². The van der Waals surface area contributed by atoms with E-state index in [0.29, 0.717) is 0 Å². The molecule has 0 saturated heterocycles. The SMILES string of the molecule is CNCC(C)=Cc1ccccc1C1CC1. The molecule has 0 radical (unpaired) electrons. The lowest BCUT2D eigenvalue weighted by Crippen LogP contribution is -2.08. The molecule has 1 aliphatic carbocycles. The zero-order valence-electron chi connectivity index (χ0n) is 9.59. The lowest BCUT2D eigenvalue weighted by molar-refractivity contribution is 0.884. The number of hydrogen-bond donors (Lipinski definition) is 1. The molecule has 1 fully saturated rings. The minimum atomic E-state index is 0.833. The van der Waals surface area contributed by atoms with Gasteiger partial charge in [-0.15, -0.1) is 0 Å². The first kappa shape index (κ1) is 10.4. The summed E-state index contributed by atoms with van der Waals surface area (Å²) in [6, 6.07) is 8.78. The van der Waals surface area contributed by atoms with Crippen LogP contribution in [0.2, 0.25) is 0 Å². The maximum atomic E-state index is 3.18. The monoisotopic (exact) mass is 201 g/mol. The normalized spacial score (nSPS) is 16.8. The second-order valence-electron chi connectivity index (χ2n) is 4.42. The molecule has 1 heteroatoms. The molecule has 1 saturated carbocycles. The van der Waals surface area contributed by atoms with E-state index in [1.807, 2.05) is 7.05 Å². The highest BCUT2D eigenvalue weighted by Crippen LogP contribution is 2.41. The molecular weight excluding hydrogens is 182 g/mol. The molecular formula is C14H19N. The first-order valence-electron chi connectivity index (χ1n) is 5.72. The lowest BCUT2D eigenvalue weighted by atomic mass is 10.0. The summed E-state index contributed by atoms with van der Waals surface area (Å²) in [5.41, 5.74) is 4.34. The summed E-state index contributed by atoms with van der Waals surface area (Å²) in [5, 5.41) is 3.18. The van der Waals surface area contributed by atoms with E-state index in [1.54, 1.807) is 0 Å². The third kappa shape index (κ3) is 2.69. The van der Waals surface area contributed by atoms with E-state index < -0.39 is 0 Å². The molecule has 0 atom stereocenters. The molecule has 0 spiro atoms. The van der Waals surface area contributed by atoms with Crippen molar-refractivity contribution in [3.8, 4) is 0 Å². The maximum absolute atomic E-state index is 3.18. The minimum absolute atomic E-state index is 0.833. The van der Waals surface area contributed by atoms with Crippen molar-refractivity contribution in [3.05, 3.63) is 41.0 Å². The Bertz CT molecular complexity index is 361. The molecule has 2 rings (SSSR count). The largest absolute Gasteiger partial charge is 0.316 e. The molecule has 15 heavy (non-hydrogen) atoms. The Morgan fingerprint density at radius 2 is 2.13 bits per heavy atom. The van der Waals surface area contributed by atoms with Crippen molar-refractivity contribution >= 4 is 6.08 Å². The van der Waals surface area contributed by atoms with Crippen LogP contribution in [-0.4, -0.2) is 13.6 Å². The van der Waals surface area contributed by atoms with Crippen LogP contribution in [0.4, 0.5) is 0 Å². The number of benzene rings is 1. The minimum Gasteiger partial charge on any atom is -0.316 e. The fraction of sp³-hybridized carbons (Fsp3) is 0.429. The molecule has 0 unspecified atom stereocenters. The van der Waals surface area contributed by atoms with Crippen molar-refractivity contribution in [2.24, 2.45) is 0 Å². The van der Waals surface area contributed by atoms with Gasteiger partial charge in [-0.1, -0.05) is 35.9 Å². The average Bonchev–Trinajstić information content (AvgIpc) is 3.02. The lowest BCUT2D eigenvalue weighted by Gasteiger charge is -2.06. The second-order valence-corrected chi connectivity index (χ2v) is 4.42. The first-order chi connectivity index (χ1) is 7.31. The third-order valence-corrected chi connectivity index (χ3v) is 2.87. The zero-order chi connectivity index (χ0) is 10.7. The summed E-state index contributed by atoms with van der Waals surface area (Å²) < 4.78 is 0. The Balaban J connectivity index is 2.22. The van der Waals surface area contributed by atoms with Gasteiger partial charge in [0, 0.05) is 6.54 Å². The molecule has 0 bridgehead atoms. The Morgan fingerprint density at radius 3 is 2.80 bits per heavy atom. The molecule has 0 aliphatic heterocycles. The molecule has 1 aromatic rings. The van der Waals surface area contributed by atoms with E-state index >= 15 is 0 Å². The van der Waals surface area contributed by atoms with E-state index in [4.69, 9.17) is 0 Å². The van der Waals surface area contributed by atoms with Crippen LogP contribution in [0.25, 0.3) is 6.08 Å². The van der Waals surface area contributed by atoms with Crippen molar-refractivity contribution < 1.29 is 0 Å². The van der Waals surface area contributed by atoms with Crippen LogP contribution in [-0.2, 0) is 0 Å². The Labute approximate surface area is 92.2 Å². The van der Waals surface area contributed by atoms with E-state index in [0.717, 1.165) is 12.5 Å². The van der Waals surface area contributed by atoms with Gasteiger partial charge in [-0.05, 0) is 43.9 Å². The van der Waals surface area contributed by atoms with Crippen molar-refractivity contribution in [3.63, 3.8) is 0 Å². The van der Waals surface area contributed by atoms with Gasteiger partial charge in [0.25, 0.3) is 0 Å². The quantitative estimate of drug-likeness (QED) is 0.789. The number of nitrogens with one attached hydrogen (secondary N) is 1. The molecule has 80 valence electrons. The third-order valence-electron chi connectivity index (χ3n) is 2.87. The molecule has 0 heterocycles. The van der Waals surface area contributed by atoms with Gasteiger partial charge in [0.1, 0.15) is 0 Å². The topological polar surface area (TPSA) is 12.0 Å². The second kappa shape index (κ2) is 4.63. The molecule has 1 aliphatic rings. The summed E-state index contributed by atoms with van der Waals surface area (Å²) in [4.78, 5) is 0. The van der Waals surface area contributed by atoms with Crippen molar-refractivity contribution in [1.29, 1.82) is 0 Å².